The molecule has 2 N–H and O–H groups in total. The number of aromatic carboxylic acids is 1. The van der Waals surface area contributed by atoms with Crippen LogP contribution in [0.1, 0.15) is 16.1 Å². The summed E-state index contributed by atoms with van der Waals surface area (Å²) >= 11 is 0. The zero-order valence-electron chi connectivity index (χ0n) is 9.64. The van der Waals surface area contributed by atoms with Gasteiger partial charge in [-0.05, 0) is 23.8 Å². The third-order valence-corrected chi connectivity index (χ3v) is 2.49. The summed E-state index contributed by atoms with van der Waals surface area (Å²) in [6.07, 6.45) is 2.91. The van der Waals surface area contributed by atoms with Crippen LogP contribution >= 0.6 is 0 Å². The minimum absolute atomic E-state index is 0.138. The Bertz CT molecular complexity index is 639. The molecular weight excluding hydrogens is 234 g/mol. The lowest BCUT2D eigenvalue weighted by Gasteiger charge is -1.94. The first kappa shape index (κ1) is 11.9. The monoisotopic (exact) mass is 245 g/mol. The summed E-state index contributed by atoms with van der Waals surface area (Å²) in [5.74, 6) is -1.44. The van der Waals surface area contributed by atoms with E-state index in [0.717, 1.165) is 10.9 Å². The maximum absolute atomic E-state index is 10.9. The van der Waals surface area contributed by atoms with Crippen molar-refractivity contribution < 1.29 is 19.4 Å². The van der Waals surface area contributed by atoms with Gasteiger partial charge in [0.25, 0.3) is 0 Å². The third kappa shape index (κ3) is 2.40. The van der Waals surface area contributed by atoms with Crippen molar-refractivity contribution in [2.75, 3.05) is 7.11 Å². The van der Waals surface area contributed by atoms with Gasteiger partial charge in [0.05, 0.1) is 7.11 Å². The van der Waals surface area contributed by atoms with E-state index in [1.54, 1.807) is 30.3 Å². The molecule has 0 amide bonds. The Balaban J connectivity index is 2.35. The van der Waals surface area contributed by atoms with Gasteiger partial charge in [-0.25, -0.2) is 9.59 Å². The molecular formula is C13H11NO4. The number of carbonyl (C=O) groups excluding carboxylic acids is 1. The van der Waals surface area contributed by atoms with Gasteiger partial charge < -0.3 is 14.8 Å². The summed E-state index contributed by atoms with van der Waals surface area (Å²) in [6, 6.07) is 6.91. The third-order valence-electron chi connectivity index (χ3n) is 2.49. The zero-order chi connectivity index (χ0) is 13.1. The molecule has 0 saturated carbocycles. The summed E-state index contributed by atoms with van der Waals surface area (Å²) in [5, 5.41) is 9.66. The van der Waals surface area contributed by atoms with Crippen molar-refractivity contribution in [2.45, 2.75) is 0 Å². The van der Waals surface area contributed by atoms with E-state index < -0.39 is 11.9 Å². The molecule has 0 aliphatic heterocycles. The van der Waals surface area contributed by atoms with E-state index >= 15 is 0 Å². The van der Waals surface area contributed by atoms with Gasteiger partial charge in [0.15, 0.2) is 0 Å². The van der Waals surface area contributed by atoms with Crippen molar-refractivity contribution in [3.05, 3.63) is 41.6 Å². The van der Waals surface area contributed by atoms with Gasteiger partial charge in [-0.2, -0.15) is 0 Å². The predicted molar refractivity (Wildman–Crippen MR) is 66.3 cm³/mol. The number of esters is 1. The summed E-state index contributed by atoms with van der Waals surface area (Å²) in [6.45, 7) is 0. The average Bonchev–Trinajstić information content (AvgIpc) is 2.79. The molecule has 0 radical (unpaired) electrons. The van der Waals surface area contributed by atoms with Gasteiger partial charge in [0, 0.05) is 17.0 Å². The van der Waals surface area contributed by atoms with Crippen LogP contribution in [0.2, 0.25) is 0 Å². The minimum atomic E-state index is -1.00. The molecule has 2 rings (SSSR count). The summed E-state index contributed by atoms with van der Waals surface area (Å²) in [4.78, 5) is 24.5. The quantitative estimate of drug-likeness (QED) is 0.640. The lowest BCUT2D eigenvalue weighted by molar-refractivity contribution is -0.134. The highest BCUT2D eigenvalue weighted by Gasteiger charge is 2.06. The van der Waals surface area contributed by atoms with E-state index in [1.807, 2.05) is 0 Å². The van der Waals surface area contributed by atoms with Crippen molar-refractivity contribution in [1.82, 2.24) is 4.98 Å². The lowest BCUT2D eigenvalue weighted by Crippen LogP contribution is -1.94. The van der Waals surface area contributed by atoms with Crippen LogP contribution in [0.15, 0.2) is 30.3 Å². The maximum atomic E-state index is 10.9. The highest BCUT2D eigenvalue weighted by molar-refractivity contribution is 5.94. The van der Waals surface area contributed by atoms with Crippen LogP contribution in [0.5, 0.6) is 0 Å². The van der Waals surface area contributed by atoms with E-state index in [-0.39, 0.29) is 5.69 Å². The number of fused-ring (bicyclic) bond motifs is 1. The molecule has 1 aromatic heterocycles. The molecule has 18 heavy (non-hydrogen) atoms. The Morgan fingerprint density at radius 2 is 2.11 bits per heavy atom. The number of nitrogens with one attached hydrogen (secondary N) is 1. The highest BCUT2D eigenvalue weighted by atomic mass is 16.5. The number of hydrogen-bond donors (Lipinski definition) is 2. The molecule has 0 aliphatic carbocycles. The fraction of sp³-hybridized carbons (Fsp3) is 0.0769. The molecule has 92 valence electrons. The molecule has 0 saturated heterocycles. The number of carbonyl (C=O) groups is 2. The standard InChI is InChI=1S/C13H11NO4/c1-18-12(15)5-3-8-2-4-9-7-11(13(16)17)14-10(9)6-8/h2-7,14H,1H3,(H,16,17). The first-order chi connectivity index (χ1) is 8.60. The van der Waals surface area contributed by atoms with Crippen molar-refractivity contribution >= 4 is 28.9 Å². The number of rotatable bonds is 3. The van der Waals surface area contributed by atoms with Crippen molar-refractivity contribution in [2.24, 2.45) is 0 Å². The first-order valence-corrected chi connectivity index (χ1v) is 5.22. The fourth-order valence-corrected chi connectivity index (χ4v) is 1.60. The van der Waals surface area contributed by atoms with Crippen LogP contribution in [0.4, 0.5) is 0 Å². The normalized spacial score (nSPS) is 10.9. The van der Waals surface area contributed by atoms with Crippen LogP contribution in [-0.4, -0.2) is 29.1 Å². The van der Waals surface area contributed by atoms with Crippen LogP contribution in [0, 0.1) is 0 Å². The molecule has 2 aromatic rings. The van der Waals surface area contributed by atoms with Crippen LogP contribution < -0.4 is 0 Å². The highest BCUT2D eigenvalue weighted by Crippen LogP contribution is 2.18. The summed E-state index contributed by atoms with van der Waals surface area (Å²) < 4.78 is 4.48. The second-order valence-corrected chi connectivity index (χ2v) is 3.69. The average molecular weight is 245 g/mol. The molecule has 0 spiro atoms. The topological polar surface area (TPSA) is 79.4 Å². The SMILES string of the molecule is COC(=O)C=Cc1ccc2cc(C(=O)O)[nH]c2c1. The lowest BCUT2D eigenvalue weighted by atomic mass is 10.1. The Morgan fingerprint density at radius 1 is 1.33 bits per heavy atom. The van der Waals surface area contributed by atoms with Crippen molar-refractivity contribution in [3.63, 3.8) is 0 Å². The number of aromatic nitrogens is 1. The number of carboxylic acid groups (broad SMARTS) is 1. The molecule has 0 aliphatic rings. The molecule has 5 nitrogen and oxygen atoms in total. The van der Waals surface area contributed by atoms with Gasteiger partial charge in [-0.3, -0.25) is 0 Å². The van der Waals surface area contributed by atoms with E-state index in [9.17, 15) is 9.59 Å². The zero-order valence-corrected chi connectivity index (χ0v) is 9.64. The van der Waals surface area contributed by atoms with Gasteiger partial charge in [0.2, 0.25) is 0 Å². The number of methoxy groups -OCH3 is 1. The number of benzene rings is 1. The molecule has 0 unspecified atom stereocenters. The van der Waals surface area contributed by atoms with Crippen molar-refractivity contribution in [1.29, 1.82) is 0 Å². The van der Waals surface area contributed by atoms with Crippen LogP contribution in [0.25, 0.3) is 17.0 Å². The minimum Gasteiger partial charge on any atom is -0.477 e. The van der Waals surface area contributed by atoms with E-state index in [4.69, 9.17) is 5.11 Å². The molecule has 0 atom stereocenters. The molecule has 5 heteroatoms. The van der Waals surface area contributed by atoms with E-state index in [1.165, 1.54) is 13.2 Å². The molecule has 0 bridgehead atoms. The number of carboxylic acids is 1. The first-order valence-electron chi connectivity index (χ1n) is 5.22. The van der Waals surface area contributed by atoms with Crippen LogP contribution in [-0.2, 0) is 9.53 Å². The van der Waals surface area contributed by atoms with Gasteiger partial charge in [0.1, 0.15) is 5.69 Å². The number of aromatic amines is 1. The Morgan fingerprint density at radius 3 is 2.78 bits per heavy atom. The Hall–Kier alpha value is -2.56. The summed E-state index contributed by atoms with van der Waals surface area (Å²) in [7, 11) is 1.31. The van der Waals surface area contributed by atoms with Crippen LogP contribution in [0.3, 0.4) is 0 Å². The number of hydrogen-bond acceptors (Lipinski definition) is 3. The molecule has 1 aromatic carbocycles. The molecule has 0 fully saturated rings. The van der Waals surface area contributed by atoms with Gasteiger partial charge in [-0.15, -0.1) is 0 Å². The Labute approximate surface area is 103 Å². The number of ether oxygens (including phenoxy) is 1. The Kier molecular flexibility index (Phi) is 3.14. The summed E-state index contributed by atoms with van der Waals surface area (Å²) in [5.41, 5.74) is 1.63. The van der Waals surface area contributed by atoms with E-state index in [0.29, 0.717) is 5.52 Å². The van der Waals surface area contributed by atoms with E-state index in [2.05, 4.69) is 9.72 Å². The largest absolute Gasteiger partial charge is 0.477 e. The smallest absolute Gasteiger partial charge is 0.352 e. The fourth-order valence-electron chi connectivity index (χ4n) is 1.60. The second-order valence-electron chi connectivity index (χ2n) is 3.69. The van der Waals surface area contributed by atoms with Gasteiger partial charge >= 0.3 is 11.9 Å². The maximum Gasteiger partial charge on any atom is 0.352 e. The second kappa shape index (κ2) is 4.75. The molecule has 1 heterocycles. The van der Waals surface area contributed by atoms with Crippen molar-refractivity contribution in [3.8, 4) is 0 Å². The number of H-pyrrole nitrogens is 1. The van der Waals surface area contributed by atoms with Gasteiger partial charge in [-0.1, -0.05) is 12.1 Å². The predicted octanol–water partition coefficient (Wildman–Crippen LogP) is 2.05.